The second-order valence-electron chi connectivity index (χ2n) is 5.96. The van der Waals surface area contributed by atoms with Gasteiger partial charge in [0, 0.05) is 19.3 Å². The first-order chi connectivity index (χ1) is 9.99. The van der Waals surface area contributed by atoms with Crippen molar-refractivity contribution >= 4 is 11.9 Å². The number of rotatable bonds is 3. The van der Waals surface area contributed by atoms with Gasteiger partial charge in [-0.2, -0.15) is 0 Å². The highest BCUT2D eigenvalue weighted by atomic mass is 16.4. The maximum Gasteiger partial charge on any atom is 0.337 e. The molecule has 1 fully saturated rings. The first-order valence-electron chi connectivity index (χ1n) is 7.47. The van der Waals surface area contributed by atoms with Gasteiger partial charge in [-0.15, -0.1) is 0 Å². The highest BCUT2D eigenvalue weighted by Gasteiger charge is 2.23. The lowest BCUT2D eigenvalue weighted by molar-refractivity contribution is 0.0692. The molecule has 0 aromatic carbocycles. The molecule has 1 aromatic heterocycles. The molecular formula is C16H22N2O3. The Hall–Kier alpha value is -1.91. The van der Waals surface area contributed by atoms with Crippen molar-refractivity contribution in [1.29, 1.82) is 0 Å². The van der Waals surface area contributed by atoms with Crippen LogP contribution in [0.2, 0.25) is 0 Å². The lowest BCUT2D eigenvalue weighted by Crippen LogP contribution is -2.32. The summed E-state index contributed by atoms with van der Waals surface area (Å²) >= 11 is 0. The Morgan fingerprint density at radius 3 is 2.62 bits per heavy atom. The number of carboxylic acid groups (broad SMARTS) is 1. The Morgan fingerprint density at radius 1 is 1.29 bits per heavy atom. The van der Waals surface area contributed by atoms with Gasteiger partial charge >= 0.3 is 5.97 Å². The van der Waals surface area contributed by atoms with Crippen LogP contribution < -0.4 is 0 Å². The van der Waals surface area contributed by atoms with Crippen LogP contribution in [-0.4, -0.2) is 40.0 Å². The van der Waals surface area contributed by atoms with E-state index < -0.39 is 5.97 Å². The summed E-state index contributed by atoms with van der Waals surface area (Å²) in [7, 11) is 0. The molecule has 0 radical (unpaired) electrons. The minimum absolute atomic E-state index is 0.0993. The number of carboxylic acids is 1. The predicted octanol–water partition coefficient (Wildman–Crippen LogP) is 2.68. The number of amides is 1. The summed E-state index contributed by atoms with van der Waals surface area (Å²) in [6, 6.07) is 2.92. The quantitative estimate of drug-likeness (QED) is 0.929. The van der Waals surface area contributed by atoms with E-state index in [4.69, 9.17) is 5.11 Å². The summed E-state index contributed by atoms with van der Waals surface area (Å²) < 4.78 is 0. The Morgan fingerprint density at radius 2 is 2.05 bits per heavy atom. The van der Waals surface area contributed by atoms with Gasteiger partial charge in [-0.1, -0.05) is 13.8 Å². The lowest BCUT2D eigenvalue weighted by atomic mass is 9.89. The lowest BCUT2D eigenvalue weighted by Gasteiger charge is -2.21. The molecular weight excluding hydrogens is 268 g/mol. The summed E-state index contributed by atoms with van der Waals surface area (Å²) in [5, 5.41) is 8.85. The molecule has 5 nitrogen and oxygen atoms in total. The van der Waals surface area contributed by atoms with Gasteiger partial charge < -0.3 is 10.0 Å². The number of aromatic carboxylic acids is 1. The second kappa shape index (κ2) is 6.70. The molecule has 5 heteroatoms. The number of aromatic nitrogens is 1. The highest BCUT2D eigenvalue weighted by molar-refractivity contribution is 5.93. The molecule has 1 unspecified atom stereocenters. The van der Waals surface area contributed by atoms with Crippen molar-refractivity contribution in [2.45, 2.75) is 33.1 Å². The van der Waals surface area contributed by atoms with E-state index in [1.165, 1.54) is 18.3 Å². The van der Waals surface area contributed by atoms with Gasteiger partial charge in [0.1, 0.15) is 5.69 Å². The molecule has 2 heterocycles. The Balaban J connectivity index is 2.04. The topological polar surface area (TPSA) is 70.5 Å². The number of hydrogen-bond donors (Lipinski definition) is 1. The SMILES string of the molecule is CC(C)C1CCCN(C(=O)c2ccc(C(=O)O)cn2)CC1. The molecule has 1 amide bonds. The molecule has 1 N–H and O–H groups in total. The first-order valence-corrected chi connectivity index (χ1v) is 7.47. The largest absolute Gasteiger partial charge is 0.478 e. The van der Waals surface area contributed by atoms with Crippen molar-refractivity contribution < 1.29 is 14.7 Å². The number of carbonyl (C=O) groups is 2. The van der Waals surface area contributed by atoms with Gasteiger partial charge in [-0.05, 0) is 43.2 Å². The second-order valence-corrected chi connectivity index (χ2v) is 5.96. The van der Waals surface area contributed by atoms with Gasteiger partial charge in [0.25, 0.3) is 5.91 Å². The van der Waals surface area contributed by atoms with Crippen LogP contribution in [0.1, 0.15) is 54.0 Å². The van der Waals surface area contributed by atoms with E-state index in [2.05, 4.69) is 18.8 Å². The normalized spacial score (nSPS) is 19.4. The maximum atomic E-state index is 12.4. The molecule has 114 valence electrons. The van der Waals surface area contributed by atoms with E-state index in [0.29, 0.717) is 17.5 Å². The van der Waals surface area contributed by atoms with Crippen molar-refractivity contribution in [3.63, 3.8) is 0 Å². The van der Waals surface area contributed by atoms with Crippen molar-refractivity contribution in [1.82, 2.24) is 9.88 Å². The number of hydrogen-bond acceptors (Lipinski definition) is 3. The van der Waals surface area contributed by atoms with Crippen LogP contribution in [0, 0.1) is 11.8 Å². The van der Waals surface area contributed by atoms with E-state index in [1.54, 1.807) is 0 Å². The van der Waals surface area contributed by atoms with Gasteiger partial charge in [-0.25, -0.2) is 4.79 Å². The third-order valence-corrected chi connectivity index (χ3v) is 4.23. The minimum atomic E-state index is -1.03. The van der Waals surface area contributed by atoms with E-state index >= 15 is 0 Å². The van der Waals surface area contributed by atoms with Crippen molar-refractivity contribution in [3.8, 4) is 0 Å². The molecule has 0 aliphatic carbocycles. The van der Waals surface area contributed by atoms with Gasteiger partial charge in [-0.3, -0.25) is 9.78 Å². The predicted molar refractivity (Wildman–Crippen MR) is 79.3 cm³/mol. The van der Waals surface area contributed by atoms with E-state index in [9.17, 15) is 9.59 Å². The fourth-order valence-electron chi connectivity index (χ4n) is 2.80. The van der Waals surface area contributed by atoms with Crippen LogP contribution in [-0.2, 0) is 0 Å². The van der Waals surface area contributed by atoms with E-state index in [0.717, 1.165) is 32.4 Å². The van der Waals surface area contributed by atoms with Gasteiger partial charge in [0.05, 0.1) is 5.56 Å². The maximum absolute atomic E-state index is 12.4. The third-order valence-electron chi connectivity index (χ3n) is 4.23. The zero-order valence-corrected chi connectivity index (χ0v) is 12.6. The molecule has 1 aromatic rings. The Labute approximate surface area is 125 Å². The minimum Gasteiger partial charge on any atom is -0.478 e. The summed E-state index contributed by atoms with van der Waals surface area (Å²) in [4.78, 5) is 29.0. The molecule has 1 saturated heterocycles. The van der Waals surface area contributed by atoms with Crippen LogP contribution in [0.25, 0.3) is 0 Å². The zero-order valence-electron chi connectivity index (χ0n) is 12.6. The monoisotopic (exact) mass is 290 g/mol. The molecule has 0 saturated carbocycles. The molecule has 2 rings (SSSR count). The molecule has 1 aliphatic rings. The summed E-state index contributed by atoms with van der Waals surface area (Å²) in [5.74, 6) is 0.186. The number of likely N-dealkylation sites (tertiary alicyclic amines) is 1. The summed E-state index contributed by atoms with van der Waals surface area (Å²) in [6.45, 7) is 5.97. The molecule has 0 spiro atoms. The number of nitrogens with zero attached hydrogens (tertiary/aromatic N) is 2. The highest BCUT2D eigenvalue weighted by Crippen LogP contribution is 2.25. The molecule has 0 bridgehead atoms. The average Bonchev–Trinajstić information content (AvgIpc) is 2.72. The third kappa shape index (κ3) is 3.80. The van der Waals surface area contributed by atoms with Crippen molar-refractivity contribution in [2.75, 3.05) is 13.1 Å². The smallest absolute Gasteiger partial charge is 0.337 e. The van der Waals surface area contributed by atoms with Crippen LogP contribution in [0.4, 0.5) is 0 Å². The van der Waals surface area contributed by atoms with E-state index in [1.807, 2.05) is 4.90 Å². The fraction of sp³-hybridized carbons (Fsp3) is 0.562. The number of carbonyl (C=O) groups excluding carboxylic acids is 1. The van der Waals surface area contributed by atoms with Crippen LogP contribution in [0.5, 0.6) is 0 Å². The van der Waals surface area contributed by atoms with Gasteiger partial charge in [0.15, 0.2) is 0 Å². The van der Waals surface area contributed by atoms with Gasteiger partial charge in [0.2, 0.25) is 0 Å². The first kappa shape index (κ1) is 15.5. The zero-order chi connectivity index (χ0) is 15.4. The molecule has 1 aliphatic heterocycles. The number of pyridine rings is 1. The van der Waals surface area contributed by atoms with Crippen LogP contribution >= 0.6 is 0 Å². The van der Waals surface area contributed by atoms with Crippen LogP contribution in [0.15, 0.2) is 18.3 Å². The Bertz CT molecular complexity index is 511. The van der Waals surface area contributed by atoms with Crippen molar-refractivity contribution in [3.05, 3.63) is 29.6 Å². The summed E-state index contributed by atoms with van der Waals surface area (Å²) in [6.07, 6.45) is 4.44. The summed E-state index contributed by atoms with van der Waals surface area (Å²) in [5.41, 5.74) is 0.422. The van der Waals surface area contributed by atoms with Crippen molar-refractivity contribution in [2.24, 2.45) is 11.8 Å². The average molecular weight is 290 g/mol. The molecule has 21 heavy (non-hydrogen) atoms. The standard InChI is InChI=1S/C16H22N2O3/c1-11(2)12-4-3-8-18(9-7-12)15(19)14-6-5-13(10-17-14)16(20)21/h5-6,10-12H,3-4,7-9H2,1-2H3,(H,20,21). The Kier molecular flexibility index (Phi) is 4.94. The van der Waals surface area contributed by atoms with E-state index in [-0.39, 0.29) is 11.5 Å². The molecule has 1 atom stereocenters. The van der Waals surface area contributed by atoms with Crippen LogP contribution in [0.3, 0.4) is 0 Å². The fourth-order valence-corrected chi connectivity index (χ4v) is 2.80.